The lowest BCUT2D eigenvalue weighted by molar-refractivity contribution is -0.123. The molecule has 0 aromatic heterocycles. The topological polar surface area (TPSA) is 69.7 Å². The minimum absolute atomic E-state index is 0.0153. The van der Waals surface area contributed by atoms with Crippen molar-refractivity contribution < 1.29 is 13.2 Å². The molecule has 1 aliphatic heterocycles. The van der Waals surface area contributed by atoms with Crippen LogP contribution in [0.2, 0.25) is 0 Å². The van der Waals surface area contributed by atoms with Crippen LogP contribution in [0.5, 0.6) is 0 Å². The van der Waals surface area contributed by atoms with Gasteiger partial charge in [-0.1, -0.05) is 54.4 Å². The minimum Gasteiger partial charge on any atom is -0.348 e. The van der Waals surface area contributed by atoms with E-state index in [0.717, 1.165) is 17.5 Å². The first-order valence-corrected chi connectivity index (χ1v) is 12.4. The molecule has 3 rings (SSSR count). The van der Waals surface area contributed by atoms with Gasteiger partial charge in [-0.25, -0.2) is 8.42 Å². The first-order chi connectivity index (χ1) is 14.8. The third kappa shape index (κ3) is 6.15. The molecular weight excluding hydrogens is 410 g/mol. The van der Waals surface area contributed by atoms with Gasteiger partial charge < -0.3 is 5.32 Å². The van der Waals surface area contributed by atoms with Crippen LogP contribution in [0.4, 0.5) is 0 Å². The van der Waals surface area contributed by atoms with Crippen LogP contribution < -0.4 is 5.32 Å². The second-order valence-electron chi connectivity index (χ2n) is 8.29. The zero-order valence-electron chi connectivity index (χ0n) is 18.7. The Morgan fingerprint density at radius 1 is 0.935 bits per heavy atom. The van der Waals surface area contributed by atoms with Gasteiger partial charge in [0.25, 0.3) is 0 Å². The predicted molar refractivity (Wildman–Crippen MR) is 123 cm³/mol. The van der Waals surface area contributed by atoms with Crippen LogP contribution in [-0.2, 0) is 14.8 Å². The van der Waals surface area contributed by atoms with Crippen LogP contribution in [0.3, 0.4) is 0 Å². The number of nitrogens with one attached hydrogen (secondary N) is 1. The highest BCUT2D eigenvalue weighted by Gasteiger charge is 2.27. The SMILES string of the molecule is CCC(NC(=O)CN1CCCN(S(=O)(=O)c2ccc(C)cc2)CC1)c1ccc(C)cc1. The van der Waals surface area contributed by atoms with E-state index in [-0.39, 0.29) is 18.5 Å². The number of carbonyl (C=O) groups is 1. The van der Waals surface area contributed by atoms with E-state index >= 15 is 0 Å². The van der Waals surface area contributed by atoms with Crippen LogP contribution >= 0.6 is 0 Å². The normalized spacial score (nSPS) is 17.1. The highest BCUT2D eigenvalue weighted by Crippen LogP contribution is 2.19. The van der Waals surface area contributed by atoms with Crippen molar-refractivity contribution >= 4 is 15.9 Å². The Balaban J connectivity index is 1.57. The van der Waals surface area contributed by atoms with E-state index in [2.05, 4.69) is 36.5 Å². The molecule has 168 valence electrons. The maximum atomic E-state index is 13.0. The van der Waals surface area contributed by atoms with Gasteiger partial charge in [0.05, 0.1) is 17.5 Å². The molecule has 1 N–H and O–H groups in total. The van der Waals surface area contributed by atoms with E-state index in [1.165, 1.54) is 9.87 Å². The number of nitrogens with zero attached hydrogens (tertiary/aromatic N) is 2. The molecule has 1 heterocycles. The summed E-state index contributed by atoms with van der Waals surface area (Å²) >= 11 is 0. The van der Waals surface area contributed by atoms with Gasteiger partial charge in [0.1, 0.15) is 0 Å². The summed E-state index contributed by atoms with van der Waals surface area (Å²) in [5.41, 5.74) is 3.33. The monoisotopic (exact) mass is 443 g/mol. The molecule has 1 atom stereocenters. The van der Waals surface area contributed by atoms with Crippen molar-refractivity contribution in [2.75, 3.05) is 32.7 Å². The second-order valence-corrected chi connectivity index (χ2v) is 10.2. The molecule has 0 spiro atoms. The molecule has 0 saturated carbocycles. The Labute approximate surface area is 186 Å². The van der Waals surface area contributed by atoms with Crippen LogP contribution in [0.1, 0.15) is 42.5 Å². The van der Waals surface area contributed by atoms with Crippen molar-refractivity contribution in [1.29, 1.82) is 0 Å². The van der Waals surface area contributed by atoms with Crippen molar-refractivity contribution in [1.82, 2.24) is 14.5 Å². The van der Waals surface area contributed by atoms with Crippen molar-refractivity contribution in [3.05, 3.63) is 65.2 Å². The quantitative estimate of drug-likeness (QED) is 0.713. The Morgan fingerprint density at radius 2 is 1.55 bits per heavy atom. The molecule has 1 amide bonds. The van der Waals surface area contributed by atoms with Gasteiger partial charge in [-0.3, -0.25) is 9.69 Å². The molecule has 0 bridgehead atoms. The average molecular weight is 444 g/mol. The van der Waals surface area contributed by atoms with Crippen LogP contribution in [-0.4, -0.2) is 56.3 Å². The number of aryl methyl sites for hydroxylation is 2. The molecule has 2 aromatic carbocycles. The highest BCUT2D eigenvalue weighted by atomic mass is 32.2. The standard InChI is InChI=1S/C24H33N3O3S/c1-4-23(21-10-6-19(2)7-11-21)25-24(28)18-26-14-5-15-27(17-16-26)31(29,30)22-12-8-20(3)9-13-22/h6-13,23H,4-5,14-18H2,1-3H3,(H,25,28). The summed E-state index contributed by atoms with van der Waals surface area (Å²) in [4.78, 5) is 15.1. The average Bonchev–Trinajstić information content (AvgIpc) is 2.99. The molecule has 0 aliphatic carbocycles. The number of amides is 1. The van der Waals surface area contributed by atoms with E-state index < -0.39 is 10.0 Å². The number of sulfonamides is 1. The zero-order valence-corrected chi connectivity index (χ0v) is 19.5. The lowest BCUT2D eigenvalue weighted by atomic mass is 10.0. The highest BCUT2D eigenvalue weighted by molar-refractivity contribution is 7.89. The summed E-state index contributed by atoms with van der Waals surface area (Å²) in [5.74, 6) is -0.0257. The van der Waals surface area contributed by atoms with Crippen molar-refractivity contribution in [3.8, 4) is 0 Å². The predicted octanol–water partition coefficient (Wildman–Crippen LogP) is 3.27. The molecule has 2 aromatic rings. The second kappa shape index (κ2) is 10.4. The number of hydrogen-bond donors (Lipinski definition) is 1. The summed E-state index contributed by atoms with van der Waals surface area (Å²) in [6, 6.07) is 15.2. The number of benzene rings is 2. The van der Waals surface area contributed by atoms with E-state index in [4.69, 9.17) is 0 Å². The molecular formula is C24H33N3O3S. The molecule has 1 fully saturated rings. The lowest BCUT2D eigenvalue weighted by Gasteiger charge is -2.23. The number of rotatable bonds is 7. The molecule has 31 heavy (non-hydrogen) atoms. The maximum Gasteiger partial charge on any atom is 0.243 e. The summed E-state index contributed by atoms with van der Waals surface area (Å²) < 4.78 is 27.5. The Kier molecular flexibility index (Phi) is 7.86. The van der Waals surface area contributed by atoms with Crippen LogP contribution in [0, 0.1) is 13.8 Å². The number of carbonyl (C=O) groups excluding carboxylic acids is 1. The Morgan fingerprint density at radius 3 is 2.16 bits per heavy atom. The maximum absolute atomic E-state index is 13.0. The van der Waals surface area contributed by atoms with Gasteiger partial charge in [-0.2, -0.15) is 4.31 Å². The molecule has 1 unspecified atom stereocenters. The van der Waals surface area contributed by atoms with Gasteiger partial charge in [0, 0.05) is 19.6 Å². The molecule has 1 saturated heterocycles. The molecule has 7 heteroatoms. The molecule has 6 nitrogen and oxygen atoms in total. The van der Waals surface area contributed by atoms with Gasteiger partial charge >= 0.3 is 0 Å². The molecule has 0 radical (unpaired) electrons. The largest absolute Gasteiger partial charge is 0.348 e. The fourth-order valence-corrected chi connectivity index (χ4v) is 5.34. The summed E-state index contributed by atoms with van der Waals surface area (Å²) in [6.07, 6.45) is 1.52. The Hall–Kier alpha value is -2.22. The van der Waals surface area contributed by atoms with E-state index in [0.29, 0.717) is 37.5 Å². The smallest absolute Gasteiger partial charge is 0.243 e. The van der Waals surface area contributed by atoms with Gasteiger partial charge in [0.15, 0.2) is 0 Å². The van der Waals surface area contributed by atoms with Gasteiger partial charge in [0.2, 0.25) is 15.9 Å². The van der Waals surface area contributed by atoms with Crippen molar-refractivity contribution in [3.63, 3.8) is 0 Å². The third-order valence-electron chi connectivity index (χ3n) is 5.80. The number of hydrogen-bond acceptors (Lipinski definition) is 4. The first kappa shape index (κ1) is 23.4. The van der Waals surface area contributed by atoms with E-state index in [9.17, 15) is 13.2 Å². The minimum atomic E-state index is -3.51. The fourth-order valence-electron chi connectivity index (χ4n) is 3.87. The first-order valence-electron chi connectivity index (χ1n) is 10.9. The van der Waals surface area contributed by atoms with Crippen molar-refractivity contribution in [2.24, 2.45) is 0 Å². The van der Waals surface area contributed by atoms with E-state index in [1.54, 1.807) is 12.1 Å². The van der Waals surface area contributed by atoms with Crippen LogP contribution in [0.25, 0.3) is 0 Å². The van der Waals surface area contributed by atoms with Crippen LogP contribution in [0.15, 0.2) is 53.4 Å². The van der Waals surface area contributed by atoms with E-state index in [1.807, 2.05) is 30.9 Å². The summed E-state index contributed by atoms with van der Waals surface area (Å²) in [7, 11) is -3.51. The third-order valence-corrected chi connectivity index (χ3v) is 7.71. The van der Waals surface area contributed by atoms with Crippen molar-refractivity contribution in [2.45, 2.75) is 44.6 Å². The lowest BCUT2D eigenvalue weighted by Crippen LogP contribution is -2.41. The molecule has 1 aliphatic rings. The fraction of sp³-hybridized carbons (Fsp3) is 0.458. The van der Waals surface area contributed by atoms with Gasteiger partial charge in [-0.05, 0) is 50.9 Å². The summed E-state index contributed by atoms with van der Waals surface area (Å²) in [5, 5.41) is 3.13. The summed E-state index contributed by atoms with van der Waals surface area (Å²) in [6.45, 7) is 8.42. The Bertz CT molecular complexity index is 972. The zero-order chi connectivity index (χ0) is 22.4. The van der Waals surface area contributed by atoms with Gasteiger partial charge in [-0.15, -0.1) is 0 Å².